The van der Waals surface area contributed by atoms with Gasteiger partial charge >= 0.3 is 0 Å². The molecular formula is C18H12O. The molecule has 1 nitrogen and oxygen atoms in total. The maximum Gasteiger partial charge on any atom is 0.142 e. The molecule has 0 bridgehead atoms. The molecule has 19 heavy (non-hydrogen) atoms. The van der Waals surface area contributed by atoms with Crippen molar-refractivity contribution in [3.05, 3.63) is 73.0 Å². The molecule has 90 valence electrons. The van der Waals surface area contributed by atoms with E-state index in [2.05, 4.69) is 54.6 Å². The van der Waals surface area contributed by atoms with Gasteiger partial charge < -0.3 is 4.42 Å². The Labute approximate surface area is 111 Å². The fourth-order valence-corrected chi connectivity index (χ4v) is 2.60. The van der Waals surface area contributed by atoms with E-state index in [0.717, 1.165) is 11.1 Å². The van der Waals surface area contributed by atoms with Gasteiger partial charge in [0.25, 0.3) is 0 Å². The van der Waals surface area contributed by atoms with Crippen molar-refractivity contribution in [3.63, 3.8) is 0 Å². The molecule has 0 saturated heterocycles. The van der Waals surface area contributed by atoms with E-state index in [0.29, 0.717) is 0 Å². The van der Waals surface area contributed by atoms with Crippen LogP contribution in [0, 0.1) is 0 Å². The lowest BCUT2D eigenvalue weighted by Gasteiger charge is -2.00. The van der Waals surface area contributed by atoms with E-state index >= 15 is 0 Å². The van der Waals surface area contributed by atoms with Gasteiger partial charge in [0.15, 0.2) is 0 Å². The summed E-state index contributed by atoms with van der Waals surface area (Å²) < 4.78 is 5.82. The van der Waals surface area contributed by atoms with Crippen molar-refractivity contribution < 1.29 is 4.42 Å². The minimum atomic E-state index is 0.969. The van der Waals surface area contributed by atoms with Gasteiger partial charge in [-0.15, -0.1) is 0 Å². The van der Waals surface area contributed by atoms with Crippen LogP contribution in [-0.4, -0.2) is 0 Å². The van der Waals surface area contributed by atoms with Gasteiger partial charge in [-0.2, -0.15) is 0 Å². The molecule has 0 spiro atoms. The van der Waals surface area contributed by atoms with Crippen LogP contribution in [0.15, 0.2) is 77.4 Å². The van der Waals surface area contributed by atoms with Crippen molar-refractivity contribution in [3.8, 4) is 11.1 Å². The predicted octanol–water partition coefficient (Wildman–Crippen LogP) is 5.25. The molecule has 4 rings (SSSR count). The standard InChI is InChI=1S/C18H12O/c1-2-6-13(7-3-1)17-12-19-18-15-9-5-4-8-14(15)10-11-16(17)18/h1-12H. The highest BCUT2D eigenvalue weighted by atomic mass is 16.3. The van der Waals surface area contributed by atoms with Crippen LogP contribution in [0.4, 0.5) is 0 Å². The van der Waals surface area contributed by atoms with Crippen molar-refractivity contribution in [2.24, 2.45) is 0 Å². The highest BCUT2D eigenvalue weighted by molar-refractivity contribution is 6.09. The third kappa shape index (κ3) is 1.55. The van der Waals surface area contributed by atoms with Crippen LogP contribution in [0.2, 0.25) is 0 Å². The van der Waals surface area contributed by atoms with Gasteiger partial charge in [0.1, 0.15) is 5.58 Å². The molecule has 0 aliphatic carbocycles. The molecular weight excluding hydrogens is 232 g/mol. The fraction of sp³-hybridized carbons (Fsp3) is 0. The molecule has 0 unspecified atom stereocenters. The van der Waals surface area contributed by atoms with E-state index in [1.807, 2.05) is 18.4 Å². The Kier molecular flexibility index (Phi) is 2.18. The third-order valence-electron chi connectivity index (χ3n) is 3.55. The number of hydrogen-bond acceptors (Lipinski definition) is 1. The topological polar surface area (TPSA) is 13.1 Å². The van der Waals surface area contributed by atoms with Gasteiger partial charge in [-0.25, -0.2) is 0 Å². The molecule has 1 heterocycles. The first kappa shape index (κ1) is 10.4. The minimum absolute atomic E-state index is 0.969. The number of benzene rings is 3. The molecule has 4 aromatic rings. The third-order valence-corrected chi connectivity index (χ3v) is 3.55. The van der Waals surface area contributed by atoms with Gasteiger partial charge in [0, 0.05) is 16.3 Å². The zero-order valence-electron chi connectivity index (χ0n) is 10.3. The molecule has 3 aromatic carbocycles. The molecule has 0 fully saturated rings. The smallest absolute Gasteiger partial charge is 0.142 e. The summed E-state index contributed by atoms with van der Waals surface area (Å²) in [5, 5.41) is 3.55. The first-order chi connectivity index (χ1) is 9.43. The van der Waals surface area contributed by atoms with E-state index in [9.17, 15) is 0 Å². The summed E-state index contributed by atoms with van der Waals surface area (Å²) in [6.45, 7) is 0. The van der Waals surface area contributed by atoms with Crippen molar-refractivity contribution in [1.29, 1.82) is 0 Å². The summed E-state index contributed by atoms with van der Waals surface area (Å²) in [4.78, 5) is 0. The number of rotatable bonds is 1. The quantitative estimate of drug-likeness (QED) is 0.445. The molecule has 0 saturated carbocycles. The fourth-order valence-electron chi connectivity index (χ4n) is 2.60. The zero-order chi connectivity index (χ0) is 12.7. The average molecular weight is 244 g/mol. The molecule has 0 atom stereocenters. The summed E-state index contributed by atoms with van der Waals surface area (Å²) in [6, 6.07) is 23.0. The van der Waals surface area contributed by atoms with Gasteiger partial charge in [-0.3, -0.25) is 0 Å². The van der Waals surface area contributed by atoms with Crippen LogP contribution in [0.3, 0.4) is 0 Å². The van der Waals surface area contributed by atoms with Crippen LogP contribution in [0.25, 0.3) is 32.9 Å². The minimum Gasteiger partial charge on any atom is -0.463 e. The average Bonchev–Trinajstić information content (AvgIpc) is 2.92. The largest absolute Gasteiger partial charge is 0.463 e. The first-order valence-corrected chi connectivity index (χ1v) is 6.38. The summed E-state index contributed by atoms with van der Waals surface area (Å²) in [5.74, 6) is 0. The Bertz CT molecular complexity index is 857. The van der Waals surface area contributed by atoms with Crippen LogP contribution in [0.5, 0.6) is 0 Å². The second-order valence-corrected chi connectivity index (χ2v) is 4.68. The van der Waals surface area contributed by atoms with Crippen LogP contribution in [0.1, 0.15) is 0 Å². The number of furan rings is 1. The first-order valence-electron chi connectivity index (χ1n) is 6.38. The van der Waals surface area contributed by atoms with Crippen LogP contribution in [-0.2, 0) is 0 Å². The Morgan fingerprint density at radius 2 is 1.42 bits per heavy atom. The zero-order valence-corrected chi connectivity index (χ0v) is 10.3. The highest BCUT2D eigenvalue weighted by Gasteiger charge is 2.10. The summed E-state index contributed by atoms with van der Waals surface area (Å²) in [5.41, 5.74) is 3.31. The highest BCUT2D eigenvalue weighted by Crippen LogP contribution is 2.34. The maximum atomic E-state index is 5.82. The second-order valence-electron chi connectivity index (χ2n) is 4.68. The lowest BCUT2D eigenvalue weighted by Crippen LogP contribution is -1.76. The molecule has 0 radical (unpaired) electrons. The van der Waals surface area contributed by atoms with Crippen LogP contribution < -0.4 is 0 Å². The SMILES string of the molecule is c1ccc(-c2coc3c2ccc2ccccc23)cc1. The number of hydrogen-bond donors (Lipinski definition) is 0. The Morgan fingerprint density at radius 3 is 2.32 bits per heavy atom. The van der Waals surface area contributed by atoms with Crippen molar-refractivity contribution in [1.82, 2.24) is 0 Å². The van der Waals surface area contributed by atoms with Crippen LogP contribution >= 0.6 is 0 Å². The van der Waals surface area contributed by atoms with E-state index in [4.69, 9.17) is 4.42 Å². The maximum absolute atomic E-state index is 5.82. The summed E-state index contributed by atoms with van der Waals surface area (Å²) in [7, 11) is 0. The van der Waals surface area contributed by atoms with E-state index < -0.39 is 0 Å². The predicted molar refractivity (Wildman–Crippen MR) is 79.2 cm³/mol. The van der Waals surface area contributed by atoms with Gasteiger partial charge in [0.2, 0.25) is 0 Å². The Morgan fingerprint density at radius 1 is 0.632 bits per heavy atom. The Hall–Kier alpha value is -2.54. The van der Waals surface area contributed by atoms with Crippen molar-refractivity contribution >= 4 is 21.7 Å². The normalized spacial score (nSPS) is 11.2. The second kappa shape index (κ2) is 3.99. The molecule has 0 N–H and O–H groups in total. The molecule has 0 amide bonds. The summed E-state index contributed by atoms with van der Waals surface area (Å²) >= 11 is 0. The number of fused-ring (bicyclic) bond motifs is 3. The molecule has 1 heteroatoms. The van der Waals surface area contributed by atoms with Gasteiger partial charge in [-0.05, 0) is 17.0 Å². The van der Waals surface area contributed by atoms with E-state index in [1.54, 1.807) is 0 Å². The monoisotopic (exact) mass is 244 g/mol. The van der Waals surface area contributed by atoms with Gasteiger partial charge in [0.05, 0.1) is 6.26 Å². The Balaban J connectivity index is 2.08. The molecule has 0 aliphatic heterocycles. The van der Waals surface area contributed by atoms with E-state index in [1.165, 1.54) is 21.7 Å². The van der Waals surface area contributed by atoms with Gasteiger partial charge in [-0.1, -0.05) is 60.7 Å². The van der Waals surface area contributed by atoms with E-state index in [-0.39, 0.29) is 0 Å². The van der Waals surface area contributed by atoms with Crippen molar-refractivity contribution in [2.75, 3.05) is 0 Å². The lowest BCUT2D eigenvalue weighted by atomic mass is 10.0. The lowest BCUT2D eigenvalue weighted by molar-refractivity contribution is 0.620. The summed E-state index contributed by atoms with van der Waals surface area (Å²) in [6.07, 6.45) is 1.85. The molecule has 1 aromatic heterocycles. The van der Waals surface area contributed by atoms with Crippen molar-refractivity contribution in [2.45, 2.75) is 0 Å². The molecule has 0 aliphatic rings.